The highest BCUT2D eigenvalue weighted by molar-refractivity contribution is 6.02. The molecule has 0 unspecified atom stereocenters. The molecule has 0 saturated heterocycles. The van der Waals surface area contributed by atoms with Gasteiger partial charge in [-0.25, -0.2) is 4.79 Å². The summed E-state index contributed by atoms with van der Waals surface area (Å²) in [6.45, 7) is 8.53. The van der Waals surface area contributed by atoms with E-state index >= 15 is 0 Å². The molecule has 6 N–H and O–H groups in total. The molecule has 240 valence electrons. The van der Waals surface area contributed by atoms with Crippen LogP contribution in [0.5, 0.6) is 5.75 Å². The number of β-amino-alcohol motifs (C(OH)–C–C–N with tert-alkyl or cyclic N) is 1. The molecule has 0 radical (unpaired) electrons. The molecular formula is C35H45N5O5. The normalized spacial score (nSPS) is 15.6. The summed E-state index contributed by atoms with van der Waals surface area (Å²) in [6.07, 6.45) is 1.18. The highest BCUT2D eigenvalue weighted by Crippen LogP contribution is 2.33. The molecule has 0 bridgehead atoms. The van der Waals surface area contributed by atoms with E-state index in [0.717, 1.165) is 33.5 Å². The second kappa shape index (κ2) is 14.6. The van der Waals surface area contributed by atoms with Crippen LogP contribution in [-0.4, -0.2) is 60.8 Å². The van der Waals surface area contributed by atoms with Crippen molar-refractivity contribution < 1.29 is 24.2 Å². The Morgan fingerprint density at radius 3 is 2.51 bits per heavy atom. The van der Waals surface area contributed by atoms with Gasteiger partial charge in [-0.05, 0) is 86.1 Å². The van der Waals surface area contributed by atoms with E-state index < -0.39 is 29.6 Å². The third-order valence-corrected chi connectivity index (χ3v) is 8.10. The fourth-order valence-electron chi connectivity index (χ4n) is 5.58. The summed E-state index contributed by atoms with van der Waals surface area (Å²) in [4.78, 5) is 41.0. The maximum Gasteiger partial charge on any atom is 0.315 e. The summed E-state index contributed by atoms with van der Waals surface area (Å²) in [5, 5.41) is 18.6. The first kappa shape index (κ1) is 33.5. The number of carbonyl (C=O) groups excluding carboxylic acids is 3. The zero-order valence-corrected chi connectivity index (χ0v) is 26.8. The molecule has 10 heteroatoms. The molecule has 1 heterocycles. The molecule has 1 aliphatic heterocycles. The van der Waals surface area contributed by atoms with Crippen LogP contribution in [0.15, 0.2) is 60.7 Å². The Morgan fingerprint density at radius 1 is 1.13 bits per heavy atom. The minimum Gasteiger partial charge on any atom is -0.497 e. The number of rotatable bonds is 12. The number of methoxy groups -OCH3 is 1. The number of fused-ring (bicyclic) bond motifs is 1. The first-order chi connectivity index (χ1) is 21.4. The molecule has 0 saturated carbocycles. The Kier molecular flexibility index (Phi) is 10.8. The van der Waals surface area contributed by atoms with Crippen molar-refractivity contribution in [3.05, 3.63) is 82.9 Å². The fourth-order valence-corrected chi connectivity index (χ4v) is 5.58. The second-order valence-electron chi connectivity index (χ2n) is 12.2. The number of nitrogens with one attached hydrogen (secondary N) is 3. The van der Waals surface area contributed by atoms with Crippen LogP contribution < -0.4 is 31.3 Å². The molecule has 0 spiro atoms. The van der Waals surface area contributed by atoms with Crippen LogP contribution in [0.3, 0.4) is 0 Å². The molecule has 0 aromatic heterocycles. The van der Waals surface area contributed by atoms with Crippen molar-refractivity contribution in [3.8, 4) is 16.9 Å². The number of anilines is 1. The maximum absolute atomic E-state index is 14.0. The number of ether oxygens (including phenoxy) is 1. The van der Waals surface area contributed by atoms with Crippen molar-refractivity contribution in [1.29, 1.82) is 0 Å². The Bertz CT molecular complexity index is 1520. The molecule has 3 aromatic carbocycles. The number of aliphatic hydroxyl groups is 1. The number of nitrogens with zero attached hydrogens (tertiary/aromatic N) is 1. The number of aryl methyl sites for hydroxylation is 2. The molecule has 4 rings (SSSR count). The van der Waals surface area contributed by atoms with Gasteiger partial charge in [0.25, 0.3) is 0 Å². The SMILES string of the molecule is CCc1cccc(-c2ccc(CN3C(=O)[C@H](NC(=O)NCC(C)(C)NC[C@@H](C)O)CCc4cc(OC)ccc43)cc2)c1C(N)=O. The van der Waals surface area contributed by atoms with Crippen molar-refractivity contribution in [2.24, 2.45) is 5.73 Å². The molecule has 0 fully saturated rings. The maximum atomic E-state index is 14.0. The molecule has 3 aromatic rings. The minimum absolute atomic E-state index is 0.212. The summed E-state index contributed by atoms with van der Waals surface area (Å²) in [7, 11) is 1.61. The lowest BCUT2D eigenvalue weighted by atomic mass is 9.93. The van der Waals surface area contributed by atoms with Crippen LogP contribution in [0.25, 0.3) is 11.1 Å². The summed E-state index contributed by atoms with van der Waals surface area (Å²) in [6, 6.07) is 17.9. The van der Waals surface area contributed by atoms with E-state index in [-0.39, 0.29) is 12.5 Å². The molecule has 45 heavy (non-hydrogen) atoms. The minimum atomic E-state index is -0.744. The molecular weight excluding hydrogens is 570 g/mol. The Morgan fingerprint density at radius 2 is 1.87 bits per heavy atom. The molecule has 0 aliphatic carbocycles. The smallest absolute Gasteiger partial charge is 0.315 e. The number of urea groups is 1. The number of hydrogen-bond donors (Lipinski definition) is 5. The largest absolute Gasteiger partial charge is 0.497 e. The average Bonchev–Trinajstić information content (AvgIpc) is 3.14. The zero-order chi connectivity index (χ0) is 32.7. The van der Waals surface area contributed by atoms with Gasteiger partial charge in [0.15, 0.2) is 0 Å². The quantitative estimate of drug-likeness (QED) is 0.209. The highest BCUT2D eigenvalue weighted by Gasteiger charge is 2.32. The van der Waals surface area contributed by atoms with E-state index in [1.165, 1.54) is 0 Å². The van der Waals surface area contributed by atoms with Crippen molar-refractivity contribution >= 4 is 23.5 Å². The first-order valence-electron chi connectivity index (χ1n) is 15.4. The molecule has 10 nitrogen and oxygen atoms in total. The Balaban J connectivity index is 1.56. The van der Waals surface area contributed by atoms with Gasteiger partial charge in [0.1, 0.15) is 11.8 Å². The summed E-state index contributed by atoms with van der Waals surface area (Å²) in [5.41, 5.74) is 11.0. The van der Waals surface area contributed by atoms with E-state index in [1.807, 2.05) is 81.4 Å². The van der Waals surface area contributed by atoms with E-state index in [2.05, 4.69) is 16.0 Å². The standard InChI is InChI=1S/C35H45N5O5/c1-6-24-8-7-9-28(31(24)32(36)42)25-12-10-23(11-13-25)20-40-30-17-15-27(45-5)18-26(30)14-16-29(33(40)43)39-34(44)37-21-35(3,4)38-19-22(2)41/h7-13,15,17-18,22,29,38,41H,6,14,16,19-21H2,1-5H3,(H2,36,42)(H2,37,39,44)/t22-,29-/m1/s1. The van der Waals surface area contributed by atoms with Gasteiger partial charge in [-0.1, -0.05) is 49.4 Å². The number of primary amides is 1. The van der Waals surface area contributed by atoms with E-state index in [9.17, 15) is 19.5 Å². The van der Waals surface area contributed by atoms with Gasteiger partial charge in [-0.2, -0.15) is 0 Å². The van der Waals surface area contributed by atoms with Gasteiger partial charge >= 0.3 is 6.03 Å². The van der Waals surface area contributed by atoms with Crippen LogP contribution in [0.4, 0.5) is 10.5 Å². The van der Waals surface area contributed by atoms with Gasteiger partial charge in [-0.3, -0.25) is 9.59 Å². The van der Waals surface area contributed by atoms with Crippen molar-refractivity contribution in [2.45, 2.75) is 71.2 Å². The number of aliphatic hydroxyl groups excluding tert-OH is 1. The van der Waals surface area contributed by atoms with Crippen LogP contribution in [0.2, 0.25) is 0 Å². The summed E-state index contributed by atoms with van der Waals surface area (Å²) in [5.74, 6) is 0.0216. The van der Waals surface area contributed by atoms with E-state index in [4.69, 9.17) is 10.5 Å². The highest BCUT2D eigenvalue weighted by atomic mass is 16.5. The molecule has 4 amide bonds. The third-order valence-electron chi connectivity index (χ3n) is 8.10. The van der Waals surface area contributed by atoms with E-state index in [0.29, 0.717) is 43.7 Å². The van der Waals surface area contributed by atoms with Crippen molar-refractivity contribution in [2.75, 3.05) is 25.1 Å². The van der Waals surface area contributed by atoms with Crippen LogP contribution in [-0.2, 0) is 24.2 Å². The van der Waals surface area contributed by atoms with Crippen molar-refractivity contribution in [1.82, 2.24) is 16.0 Å². The van der Waals surface area contributed by atoms with Gasteiger partial charge in [0.05, 0.1) is 25.3 Å². The number of amides is 4. The lowest BCUT2D eigenvalue weighted by Crippen LogP contribution is -2.55. The Labute approximate surface area is 265 Å². The van der Waals surface area contributed by atoms with Gasteiger partial charge in [0, 0.05) is 24.3 Å². The molecule has 2 atom stereocenters. The van der Waals surface area contributed by atoms with Crippen molar-refractivity contribution in [3.63, 3.8) is 0 Å². The van der Waals surface area contributed by atoms with Gasteiger partial charge in [0.2, 0.25) is 11.8 Å². The molecule has 1 aliphatic rings. The summed E-state index contributed by atoms with van der Waals surface area (Å²) < 4.78 is 5.45. The monoisotopic (exact) mass is 615 g/mol. The number of nitrogens with two attached hydrogens (primary N) is 1. The third kappa shape index (κ3) is 8.40. The van der Waals surface area contributed by atoms with Gasteiger partial charge < -0.3 is 36.4 Å². The number of hydrogen-bond acceptors (Lipinski definition) is 6. The van der Waals surface area contributed by atoms with Gasteiger partial charge in [-0.15, -0.1) is 0 Å². The lowest BCUT2D eigenvalue weighted by Gasteiger charge is -2.29. The van der Waals surface area contributed by atoms with Crippen LogP contribution in [0, 0.1) is 0 Å². The number of carbonyl (C=O) groups is 3. The van der Waals surface area contributed by atoms with Crippen LogP contribution >= 0.6 is 0 Å². The first-order valence-corrected chi connectivity index (χ1v) is 15.4. The fraction of sp³-hybridized carbons (Fsp3) is 0.400. The summed E-state index contributed by atoms with van der Waals surface area (Å²) >= 11 is 0. The average molecular weight is 616 g/mol. The predicted octanol–water partition coefficient (Wildman–Crippen LogP) is 3.92. The topological polar surface area (TPSA) is 146 Å². The number of benzene rings is 3. The second-order valence-corrected chi connectivity index (χ2v) is 12.2. The Hall–Kier alpha value is -4.41. The van der Waals surface area contributed by atoms with E-state index in [1.54, 1.807) is 18.9 Å². The zero-order valence-electron chi connectivity index (χ0n) is 26.8. The predicted molar refractivity (Wildman–Crippen MR) is 176 cm³/mol. The van der Waals surface area contributed by atoms with Crippen LogP contribution in [0.1, 0.15) is 61.2 Å². The lowest BCUT2D eigenvalue weighted by molar-refractivity contribution is -0.120.